The van der Waals surface area contributed by atoms with Gasteiger partial charge in [-0.2, -0.15) is 0 Å². The lowest BCUT2D eigenvalue weighted by molar-refractivity contribution is 0.126. The lowest BCUT2D eigenvalue weighted by Crippen LogP contribution is -2.06. The van der Waals surface area contributed by atoms with Crippen molar-refractivity contribution in [2.75, 3.05) is 0 Å². The number of aliphatic hydroxyl groups is 1. The summed E-state index contributed by atoms with van der Waals surface area (Å²) in [6, 6.07) is 6.03. The molecule has 2 heteroatoms. The summed E-state index contributed by atoms with van der Waals surface area (Å²) in [4.78, 5) is 0. The minimum atomic E-state index is -0.380. The van der Waals surface area contributed by atoms with Gasteiger partial charge in [0.05, 0.1) is 6.10 Å². The lowest BCUT2D eigenvalue weighted by Gasteiger charge is -2.16. The molecule has 0 heterocycles. The topological polar surface area (TPSA) is 20.2 Å². The van der Waals surface area contributed by atoms with Crippen LogP contribution in [-0.4, -0.2) is 5.11 Å². The Labute approximate surface area is 87.9 Å². The van der Waals surface area contributed by atoms with E-state index in [1.165, 1.54) is 5.56 Å². The highest BCUT2D eigenvalue weighted by molar-refractivity contribution is 9.10. The predicted molar refractivity (Wildman–Crippen MR) is 58.7 cm³/mol. The normalized spacial score (nSPS) is 13.4. The fourth-order valence-electron chi connectivity index (χ4n) is 1.25. The molecule has 1 unspecified atom stereocenters. The van der Waals surface area contributed by atoms with Gasteiger partial charge in [0.1, 0.15) is 0 Å². The Morgan fingerprint density at radius 1 is 1.31 bits per heavy atom. The molecule has 1 N–H and O–H groups in total. The van der Waals surface area contributed by atoms with Gasteiger partial charge >= 0.3 is 0 Å². The van der Waals surface area contributed by atoms with Crippen molar-refractivity contribution in [2.45, 2.75) is 26.9 Å². The van der Waals surface area contributed by atoms with Crippen molar-refractivity contribution in [1.82, 2.24) is 0 Å². The van der Waals surface area contributed by atoms with E-state index in [0.29, 0.717) is 0 Å². The molecule has 0 aliphatic rings. The Morgan fingerprint density at radius 3 is 2.46 bits per heavy atom. The molecule has 72 valence electrons. The van der Waals surface area contributed by atoms with Gasteiger partial charge in [-0.05, 0) is 24.5 Å². The number of aryl methyl sites for hydroxylation is 1. The van der Waals surface area contributed by atoms with E-state index in [0.717, 1.165) is 10.0 Å². The molecule has 0 aliphatic carbocycles. The molecule has 0 bridgehead atoms. The number of rotatable bonds is 2. The van der Waals surface area contributed by atoms with Crippen LogP contribution in [0.3, 0.4) is 0 Å². The second kappa shape index (κ2) is 4.25. The minimum Gasteiger partial charge on any atom is -0.388 e. The highest BCUT2D eigenvalue weighted by Gasteiger charge is 2.14. The number of benzene rings is 1. The molecule has 0 aromatic heterocycles. The van der Waals surface area contributed by atoms with Crippen molar-refractivity contribution in [3.8, 4) is 0 Å². The first-order chi connectivity index (χ1) is 6.02. The quantitative estimate of drug-likeness (QED) is 0.843. The van der Waals surface area contributed by atoms with Crippen molar-refractivity contribution in [2.24, 2.45) is 5.92 Å². The zero-order valence-electron chi connectivity index (χ0n) is 8.21. The lowest BCUT2D eigenvalue weighted by atomic mass is 9.98. The maximum atomic E-state index is 9.87. The molecule has 13 heavy (non-hydrogen) atoms. The standard InChI is InChI=1S/C11H15BrO/c1-7(2)11(13)9-6-8(3)4-5-10(9)12/h4-7,11,13H,1-3H3. The van der Waals surface area contributed by atoms with Crippen molar-refractivity contribution in [3.63, 3.8) is 0 Å². The summed E-state index contributed by atoms with van der Waals surface area (Å²) < 4.78 is 0.985. The molecule has 1 atom stereocenters. The molecule has 0 saturated heterocycles. The second-order valence-electron chi connectivity index (χ2n) is 3.71. The van der Waals surface area contributed by atoms with Crippen LogP contribution in [0.15, 0.2) is 22.7 Å². The Hall–Kier alpha value is -0.340. The molecular weight excluding hydrogens is 228 g/mol. The van der Waals surface area contributed by atoms with Crippen LogP contribution in [0.4, 0.5) is 0 Å². The zero-order valence-corrected chi connectivity index (χ0v) is 9.80. The molecule has 0 fully saturated rings. The van der Waals surface area contributed by atoms with Crippen LogP contribution >= 0.6 is 15.9 Å². The third-order valence-corrected chi connectivity index (χ3v) is 2.82. The van der Waals surface area contributed by atoms with Gasteiger partial charge < -0.3 is 5.11 Å². The van der Waals surface area contributed by atoms with Gasteiger partial charge in [-0.25, -0.2) is 0 Å². The van der Waals surface area contributed by atoms with Crippen LogP contribution in [0.25, 0.3) is 0 Å². The van der Waals surface area contributed by atoms with Crippen LogP contribution in [0.1, 0.15) is 31.1 Å². The van der Waals surface area contributed by atoms with Crippen molar-refractivity contribution in [1.29, 1.82) is 0 Å². The number of hydrogen-bond donors (Lipinski definition) is 1. The van der Waals surface area contributed by atoms with Gasteiger partial charge in [-0.15, -0.1) is 0 Å². The smallest absolute Gasteiger partial charge is 0.0823 e. The van der Waals surface area contributed by atoms with Gasteiger partial charge in [0.25, 0.3) is 0 Å². The molecule has 1 rings (SSSR count). The van der Waals surface area contributed by atoms with E-state index >= 15 is 0 Å². The van der Waals surface area contributed by atoms with Crippen molar-refractivity contribution in [3.05, 3.63) is 33.8 Å². The molecule has 0 radical (unpaired) electrons. The van der Waals surface area contributed by atoms with Crippen molar-refractivity contribution < 1.29 is 5.11 Å². The Kier molecular flexibility index (Phi) is 3.51. The average Bonchev–Trinajstić information content (AvgIpc) is 2.08. The van der Waals surface area contributed by atoms with Crippen LogP contribution in [0.2, 0.25) is 0 Å². The SMILES string of the molecule is Cc1ccc(Br)c(C(O)C(C)C)c1. The van der Waals surface area contributed by atoms with Crippen molar-refractivity contribution >= 4 is 15.9 Å². The average molecular weight is 243 g/mol. The third-order valence-electron chi connectivity index (χ3n) is 2.10. The molecule has 0 amide bonds. The monoisotopic (exact) mass is 242 g/mol. The first-order valence-corrected chi connectivity index (χ1v) is 5.25. The van der Waals surface area contributed by atoms with E-state index < -0.39 is 0 Å². The largest absolute Gasteiger partial charge is 0.388 e. The molecule has 0 saturated carbocycles. The number of aliphatic hydroxyl groups excluding tert-OH is 1. The van der Waals surface area contributed by atoms with Gasteiger partial charge in [0, 0.05) is 4.47 Å². The Balaban J connectivity index is 3.05. The van der Waals surface area contributed by atoms with E-state index in [-0.39, 0.29) is 12.0 Å². The third kappa shape index (κ3) is 2.55. The Morgan fingerprint density at radius 2 is 1.92 bits per heavy atom. The summed E-state index contributed by atoms with van der Waals surface area (Å²) >= 11 is 3.44. The first-order valence-electron chi connectivity index (χ1n) is 4.46. The van der Waals surface area contributed by atoms with Gasteiger partial charge in [0.15, 0.2) is 0 Å². The fraction of sp³-hybridized carbons (Fsp3) is 0.455. The van der Waals surface area contributed by atoms with Crippen LogP contribution in [0.5, 0.6) is 0 Å². The van der Waals surface area contributed by atoms with Gasteiger partial charge in [-0.3, -0.25) is 0 Å². The van der Waals surface area contributed by atoms with E-state index in [1.807, 2.05) is 39.0 Å². The number of halogens is 1. The van der Waals surface area contributed by atoms with E-state index in [2.05, 4.69) is 15.9 Å². The molecule has 0 spiro atoms. The molecule has 1 aromatic rings. The maximum absolute atomic E-state index is 9.87. The van der Waals surface area contributed by atoms with E-state index in [4.69, 9.17) is 0 Å². The van der Waals surface area contributed by atoms with Crippen LogP contribution in [-0.2, 0) is 0 Å². The summed E-state index contributed by atoms with van der Waals surface area (Å²) in [5, 5.41) is 9.87. The Bertz CT molecular complexity index is 294. The highest BCUT2D eigenvalue weighted by atomic mass is 79.9. The van der Waals surface area contributed by atoms with Gasteiger partial charge in [0.2, 0.25) is 0 Å². The highest BCUT2D eigenvalue weighted by Crippen LogP contribution is 2.28. The first kappa shape index (κ1) is 10.7. The molecule has 1 aromatic carbocycles. The minimum absolute atomic E-state index is 0.248. The fourth-order valence-corrected chi connectivity index (χ4v) is 1.73. The van der Waals surface area contributed by atoms with E-state index in [1.54, 1.807) is 0 Å². The van der Waals surface area contributed by atoms with E-state index in [9.17, 15) is 5.11 Å². The summed E-state index contributed by atoms with van der Waals surface area (Å²) in [5.41, 5.74) is 2.16. The molecular formula is C11H15BrO. The number of hydrogen-bond acceptors (Lipinski definition) is 1. The summed E-state index contributed by atoms with van der Waals surface area (Å²) in [6.45, 7) is 6.06. The van der Waals surface area contributed by atoms with Crippen LogP contribution in [0, 0.1) is 12.8 Å². The molecule has 1 nitrogen and oxygen atoms in total. The summed E-state index contributed by atoms with van der Waals surface area (Å²) in [7, 11) is 0. The summed E-state index contributed by atoms with van der Waals surface area (Å²) in [5.74, 6) is 0.248. The summed E-state index contributed by atoms with van der Waals surface area (Å²) in [6.07, 6.45) is -0.380. The van der Waals surface area contributed by atoms with Crippen LogP contribution < -0.4 is 0 Å². The maximum Gasteiger partial charge on any atom is 0.0823 e. The predicted octanol–water partition coefficient (Wildman–Crippen LogP) is 3.45. The van der Waals surface area contributed by atoms with Gasteiger partial charge in [-0.1, -0.05) is 47.5 Å². The molecule has 0 aliphatic heterocycles. The second-order valence-corrected chi connectivity index (χ2v) is 4.57. The zero-order chi connectivity index (χ0) is 10.0.